The number of aromatic hydroxyl groups is 1. The van der Waals surface area contributed by atoms with Gasteiger partial charge in [0.2, 0.25) is 5.75 Å². The first-order chi connectivity index (χ1) is 9.50. The molecule has 0 unspecified atom stereocenters. The van der Waals surface area contributed by atoms with Crippen LogP contribution in [-0.2, 0) is 0 Å². The van der Waals surface area contributed by atoms with Gasteiger partial charge in [-0.25, -0.2) is 0 Å². The third-order valence-electron chi connectivity index (χ3n) is 3.01. The minimum atomic E-state index is -0.619. The van der Waals surface area contributed by atoms with Crippen LogP contribution < -0.4 is 0 Å². The van der Waals surface area contributed by atoms with Crippen molar-refractivity contribution in [1.82, 2.24) is 0 Å². The molecule has 2 aromatic rings. The molecular weight excluding hydrogens is 256 g/mol. The fourth-order valence-electron chi connectivity index (χ4n) is 1.94. The van der Waals surface area contributed by atoms with E-state index in [2.05, 4.69) is 4.99 Å². The third-order valence-corrected chi connectivity index (χ3v) is 3.01. The molecule has 2 aromatic carbocycles. The van der Waals surface area contributed by atoms with E-state index >= 15 is 0 Å². The van der Waals surface area contributed by atoms with E-state index in [-0.39, 0.29) is 11.4 Å². The number of phenols is 1. The molecule has 0 aliphatic heterocycles. The zero-order valence-electron chi connectivity index (χ0n) is 11.2. The van der Waals surface area contributed by atoms with Crippen molar-refractivity contribution in [2.75, 3.05) is 0 Å². The third kappa shape index (κ3) is 2.66. The van der Waals surface area contributed by atoms with E-state index in [1.165, 1.54) is 18.3 Å². The lowest BCUT2D eigenvalue weighted by Gasteiger charge is -2.04. The molecule has 0 bridgehead atoms. The van der Waals surface area contributed by atoms with Crippen LogP contribution >= 0.6 is 0 Å². The number of benzene rings is 2. The number of para-hydroxylation sites is 2. The van der Waals surface area contributed by atoms with Gasteiger partial charge in [-0.1, -0.05) is 24.3 Å². The number of rotatable bonds is 3. The molecule has 0 saturated carbocycles. The Morgan fingerprint density at radius 1 is 1.15 bits per heavy atom. The molecule has 0 amide bonds. The average molecular weight is 270 g/mol. The summed E-state index contributed by atoms with van der Waals surface area (Å²) in [6.07, 6.45) is 1.44. The van der Waals surface area contributed by atoms with Crippen LogP contribution in [0.3, 0.4) is 0 Å². The van der Waals surface area contributed by atoms with Gasteiger partial charge >= 0.3 is 5.69 Å². The van der Waals surface area contributed by atoms with Crippen molar-refractivity contribution in [3.05, 3.63) is 63.2 Å². The molecule has 5 nitrogen and oxygen atoms in total. The van der Waals surface area contributed by atoms with E-state index in [0.717, 1.165) is 16.8 Å². The lowest BCUT2D eigenvalue weighted by atomic mass is 10.1. The second-order valence-corrected chi connectivity index (χ2v) is 4.47. The summed E-state index contributed by atoms with van der Waals surface area (Å²) < 4.78 is 0. The summed E-state index contributed by atoms with van der Waals surface area (Å²) in [7, 11) is 0. The van der Waals surface area contributed by atoms with E-state index in [9.17, 15) is 15.2 Å². The fraction of sp³-hybridized carbons (Fsp3) is 0.133. The monoisotopic (exact) mass is 270 g/mol. The van der Waals surface area contributed by atoms with Crippen molar-refractivity contribution in [3.63, 3.8) is 0 Å². The lowest BCUT2D eigenvalue weighted by Crippen LogP contribution is -1.92. The number of nitrogens with zero attached hydrogens (tertiary/aromatic N) is 2. The molecule has 0 heterocycles. The Morgan fingerprint density at radius 3 is 2.35 bits per heavy atom. The number of hydrogen-bond donors (Lipinski definition) is 1. The SMILES string of the molecule is Cc1cccc(C)c1N=Cc1cccc([N+](=O)[O-])c1O. The van der Waals surface area contributed by atoms with Crippen LogP contribution in [0.15, 0.2) is 41.4 Å². The number of nitro benzene ring substituents is 1. The van der Waals surface area contributed by atoms with Crippen molar-refractivity contribution in [2.24, 2.45) is 4.99 Å². The Hall–Kier alpha value is -2.69. The molecule has 5 heteroatoms. The topological polar surface area (TPSA) is 75.7 Å². The first-order valence-electron chi connectivity index (χ1n) is 6.07. The Bertz CT molecular complexity index is 673. The molecule has 0 fully saturated rings. The van der Waals surface area contributed by atoms with E-state index in [0.29, 0.717) is 5.56 Å². The molecule has 0 aliphatic carbocycles. The molecule has 0 radical (unpaired) electrons. The maximum Gasteiger partial charge on any atom is 0.311 e. The number of nitro groups is 1. The van der Waals surface area contributed by atoms with Crippen LogP contribution in [0.1, 0.15) is 16.7 Å². The van der Waals surface area contributed by atoms with E-state index in [1.807, 2.05) is 32.0 Å². The molecule has 20 heavy (non-hydrogen) atoms. The predicted molar refractivity (Wildman–Crippen MR) is 77.9 cm³/mol. The summed E-state index contributed by atoms with van der Waals surface area (Å²) in [5.74, 6) is -0.368. The van der Waals surface area contributed by atoms with Gasteiger partial charge in [0.15, 0.2) is 0 Å². The highest BCUT2D eigenvalue weighted by Crippen LogP contribution is 2.29. The molecule has 1 N–H and O–H groups in total. The number of phenolic OH excluding ortho intramolecular Hbond substituents is 1. The smallest absolute Gasteiger partial charge is 0.311 e. The average Bonchev–Trinajstić information content (AvgIpc) is 2.39. The van der Waals surface area contributed by atoms with Gasteiger partial charge in [-0.15, -0.1) is 0 Å². The fourth-order valence-corrected chi connectivity index (χ4v) is 1.94. The van der Waals surface area contributed by atoms with Crippen molar-refractivity contribution >= 4 is 17.6 Å². The zero-order valence-corrected chi connectivity index (χ0v) is 11.2. The summed E-state index contributed by atoms with van der Waals surface area (Å²) in [6.45, 7) is 3.87. The van der Waals surface area contributed by atoms with Crippen LogP contribution in [0, 0.1) is 24.0 Å². The Labute approximate surface area is 116 Å². The Morgan fingerprint density at radius 2 is 1.75 bits per heavy atom. The van der Waals surface area contributed by atoms with Crippen LogP contribution in [0.2, 0.25) is 0 Å². The number of aryl methyl sites for hydroxylation is 2. The number of hydrogen-bond acceptors (Lipinski definition) is 4. The summed E-state index contributed by atoms with van der Waals surface area (Å²) in [6, 6.07) is 10.2. The summed E-state index contributed by atoms with van der Waals surface area (Å²) in [5.41, 5.74) is 2.81. The summed E-state index contributed by atoms with van der Waals surface area (Å²) in [4.78, 5) is 14.5. The van der Waals surface area contributed by atoms with Crippen molar-refractivity contribution in [1.29, 1.82) is 0 Å². The number of aliphatic imine (C=N–C) groups is 1. The van der Waals surface area contributed by atoms with Gasteiger partial charge in [0, 0.05) is 17.8 Å². The zero-order chi connectivity index (χ0) is 14.7. The Balaban J connectivity index is 2.42. The minimum absolute atomic E-state index is 0.321. The maximum atomic E-state index is 10.8. The first kappa shape index (κ1) is 13.7. The summed E-state index contributed by atoms with van der Waals surface area (Å²) >= 11 is 0. The highest BCUT2D eigenvalue weighted by molar-refractivity contribution is 5.87. The minimum Gasteiger partial charge on any atom is -0.502 e. The van der Waals surface area contributed by atoms with Crippen LogP contribution in [0.5, 0.6) is 5.75 Å². The van der Waals surface area contributed by atoms with Crippen LogP contribution in [0.4, 0.5) is 11.4 Å². The van der Waals surface area contributed by atoms with Gasteiger partial charge in [-0.05, 0) is 31.0 Å². The van der Waals surface area contributed by atoms with E-state index in [4.69, 9.17) is 0 Å². The van der Waals surface area contributed by atoms with E-state index in [1.54, 1.807) is 6.07 Å². The van der Waals surface area contributed by atoms with Crippen molar-refractivity contribution < 1.29 is 10.0 Å². The quantitative estimate of drug-likeness (QED) is 0.525. The second kappa shape index (κ2) is 5.52. The molecule has 0 saturated heterocycles. The molecule has 102 valence electrons. The molecule has 0 spiro atoms. The largest absolute Gasteiger partial charge is 0.502 e. The highest BCUT2D eigenvalue weighted by atomic mass is 16.6. The molecule has 0 atom stereocenters. The molecular formula is C15H14N2O3. The molecule has 0 aromatic heterocycles. The Kier molecular flexibility index (Phi) is 3.79. The normalized spacial score (nSPS) is 10.9. The maximum absolute atomic E-state index is 10.8. The van der Waals surface area contributed by atoms with Crippen molar-refractivity contribution in [2.45, 2.75) is 13.8 Å². The second-order valence-electron chi connectivity index (χ2n) is 4.47. The summed E-state index contributed by atoms with van der Waals surface area (Å²) in [5, 5.41) is 20.6. The molecule has 0 aliphatic rings. The predicted octanol–water partition coefficient (Wildman–Crippen LogP) is 3.67. The molecule has 2 rings (SSSR count). The van der Waals surface area contributed by atoms with Gasteiger partial charge in [-0.3, -0.25) is 15.1 Å². The van der Waals surface area contributed by atoms with Crippen LogP contribution in [0.25, 0.3) is 0 Å². The van der Waals surface area contributed by atoms with Gasteiger partial charge < -0.3 is 5.11 Å². The van der Waals surface area contributed by atoms with Crippen molar-refractivity contribution in [3.8, 4) is 5.75 Å². The van der Waals surface area contributed by atoms with Gasteiger partial charge in [0.05, 0.1) is 10.6 Å². The van der Waals surface area contributed by atoms with Gasteiger partial charge in [0.1, 0.15) is 0 Å². The van der Waals surface area contributed by atoms with E-state index < -0.39 is 4.92 Å². The first-order valence-corrected chi connectivity index (χ1v) is 6.07. The standard InChI is InChI=1S/C15H14N2O3/c1-10-5-3-6-11(2)14(10)16-9-12-7-4-8-13(15(12)18)17(19)20/h3-9,18H,1-2H3. The lowest BCUT2D eigenvalue weighted by molar-refractivity contribution is -0.385. The highest BCUT2D eigenvalue weighted by Gasteiger charge is 2.15. The van der Waals surface area contributed by atoms with Crippen LogP contribution in [-0.4, -0.2) is 16.2 Å². The van der Waals surface area contributed by atoms with Gasteiger partial charge in [0.25, 0.3) is 0 Å². The van der Waals surface area contributed by atoms with Gasteiger partial charge in [-0.2, -0.15) is 0 Å².